The smallest absolute Gasteiger partial charge is 0.306 e. The Balaban J connectivity index is 3.74. The van der Waals surface area contributed by atoms with Crippen molar-refractivity contribution in [3.05, 3.63) is 146 Å². The van der Waals surface area contributed by atoms with Gasteiger partial charge >= 0.3 is 11.9 Å². The first-order valence-electron chi connectivity index (χ1n) is 22.4. The molecule has 0 saturated carbocycles. The summed E-state index contributed by atoms with van der Waals surface area (Å²) in [6, 6.07) is 0. The van der Waals surface area contributed by atoms with Crippen LogP contribution in [0.5, 0.6) is 0 Å². The minimum absolute atomic E-state index is 0.115. The van der Waals surface area contributed by atoms with E-state index >= 15 is 0 Å². The largest absolute Gasteiger partial charge is 0.462 e. The zero-order valence-corrected chi connectivity index (χ0v) is 36.5. The van der Waals surface area contributed by atoms with Crippen molar-refractivity contribution in [2.75, 3.05) is 13.2 Å². The summed E-state index contributed by atoms with van der Waals surface area (Å²) >= 11 is 0. The first-order chi connectivity index (χ1) is 28.6. The molecule has 0 aliphatic carbocycles. The molecular formula is C53H80O5. The van der Waals surface area contributed by atoms with Crippen molar-refractivity contribution in [3.8, 4) is 0 Å². The molecule has 1 atom stereocenters. The lowest BCUT2D eigenvalue weighted by Gasteiger charge is -2.15. The molecule has 58 heavy (non-hydrogen) atoms. The van der Waals surface area contributed by atoms with Gasteiger partial charge in [-0.2, -0.15) is 0 Å². The third-order valence-corrected chi connectivity index (χ3v) is 8.63. The van der Waals surface area contributed by atoms with Crippen LogP contribution in [0.2, 0.25) is 0 Å². The lowest BCUT2D eigenvalue weighted by atomic mass is 10.1. The van der Waals surface area contributed by atoms with Crippen molar-refractivity contribution >= 4 is 11.9 Å². The summed E-state index contributed by atoms with van der Waals surface area (Å²) in [5, 5.41) is 9.58. The number of aliphatic hydroxyl groups excluding tert-OH is 1. The molecule has 0 aromatic carbocycles. The Labute approximate surface area is 355 Å². The molecule has 322 valence electrons. The molecule has 0 rings (SSSR count). The van der Waals surface area contributed by atoms with Crippen molar-refractivity contribution in [1.82, 2.24) is 0 Å². The molecule has 0 fully saturated rings. The van der Waals surface area contributed by atoms with E-state index in [0.717, 1.165) is 122 Å². The number of esters is 2. The second-order valence-corrected chi connectivity index (χ2v) is 14.0. The number of aliphatic hydroxyl groups is 1. The van der Waals surface area contributed by atoms with Crippen LogP contribution in [-0.2, 0) is 19.1 Å². The van der Waals surface area contributed by atoms with Crippen molar-refractivity contribution < 1.29 is 24.2 Å². The molecule has 5 heteroatoms. The predicted octanol–water partition coefficient (Wildman–Crippen LogP) is 14.7. The summed E-state index contributed by atoms with van der Waals surface area (Å²) in [7, 11) is 0. The van der Waals surface area contributed by atoms with Crippen LogP contribution < -0.4 is 0 Å². The Bertz CT molecular complexity index is 1310. The van der Waals surface area contributed by atoms with Gasteiger partial charge in [-0.3, -0.25) is 9.59 Å². The van der Waals surface area contributed by atoms with E-state index in [4.69, 9.17) is 9.47 Å². The maximum absolute atomic E-state index is 12.2. The number of hydrogen-bond acceptors (Lipinski definition) is 5. The van der Waals surface area contributed by atoms with E-state index in [9.17, 15) is 14.7 Å². The molecule has 1 unspecified atom stereocenters. The van der Waals surface area contributed by atoms with Crippen LogP contribution in [0.4, 0.5) is 0 Å². The average molecular weight is 797 g/mol. The van der Waals surface area contributed by atoms with E-state index in [0.29, 0.717) is 19.3 Å². The number of rotatable bonds is 38. The zero-order chi connectivity index (χ0) is 42.1. The molecule has 0 amide bonds. The van der Waals surface area contributed by atoms with Gasteiger partial charge in [-0.05, 0) is 109 Å². The SMILES string of the molecule is CC/C=C\C/C=C\C/C=C\C/C=C\C/C=C\C/C=C\C/C=C\CCCCCCCC(=O)OC(CO)COC(=O)CCC/C=C\C/C=C\C/C=C\C/C=C\C/C=C\CC. The van der Waals surface area contributed by atoms with Crippen molar-refractivity contribution in [2.24, 2.45) is 0 Å². The zero-order valence-electron chi connectivity index (χ0n) is 36.5. The third kappa shape index (κ3) is 44.5. The molecule has 0 bridgehead atoms. The van der Waals surface area contributed by atoms with Gasteiger partial charge in [0.25, 0.3) is 0 Å². The lowest BCUT2D eigenvalue weighted by molar-refractivity contribution is -0.161. The maximum atomic E-state index is 12.2. The maximum Gasteiger partial charge on any atom is 0.306 e. The molecular weight excluding hydrogens is 717 g/mol. The van der Waals surface area contributed by atoms with E-state index in [2.05, 4.69) is 160 Å². The van der Waals surface area contributed by atoms with E-state index < -0.39 is 6.10 Å². The molecule has 0 saturated heterocycles. The molecule has 0 aliphatic heterocycles. The van der Waals surface area contributed by atoms with Gasteiger partial charge in [0.2, 0.25) is 0 Å². The predicted molar refractivity (Wildman–Crippen MR) is 251 cm³/mol. The summed E-state index contributed by atoms with van der Waals surface area (Å²) in [6.45, 7) is 3.82. The number of allylic oxidation sites excluding steroid dienone is 24. The van der Waals surface area contributed by atoms with Crippen LogP contribution in [0.3, 0.4) is 0 Å². The van der Waals surface area contributed by atoms with E-state index in [1.807, 2.05) is 0 Å². The van der Waals surface area contributed by atoms with Crippen LogP contribution >= 0.6 is 0 Å². The minimum atomic E-state index is -0.817. The summed E-state index contributed by atoms with van der Waals surface area (Å²) < 4.78 is 10.6. The van der Waals surface area contributed by atoms with Crippen LogP contribution in [0.15, 0.2) is 146 Å². The van der Waals surface area contributed by atoms with Gasteiger partial charge in [-0.1, -0.05) is 179 Å². The van der Waals surface area contributed by atoms with Gasteiger partial charge in [-0.15, -0.1) is 0 Å². The monoisotopic (exact) mass is 797 g/mol. The van der Waals surface area contributed by atoms with Crippen LogP contribution in [0.1, 0.15) is 155 Å². The Morgan fingerprint density at radius 3 is 1.09 bits per heavy atom. The van der Waals surface area contributed by atoms with E-state index in [-0.39, 0.29) is 25.2 Å². The fraction of sp³-hybridized carbons (Fsp3) is 0.509. The van der Waals surface area contributed by atoms with Gasteiger partial charge in [-0.25, -0.2) is 0 Å². The van der Waals surface area contributed by atoms with Gasteiger partial charge in [0, 0.05) is 12.8 Å². The van der Waals surface area contributed by atoms with Gasteiger partial charge in [0.05, 0.1) is 6.61 Å². The highest BCUT2D eigenvalue weighted by molar-refractivity contribution is 5.70. The normalized spacial score (nSPS) is 13.6. The molecule has 0 radical (unpaired) electrons. The minimum Gasteiger partial charge on any atom is -0.462 e. The second kappa shape index (κ2) is 47.2. The first kappa shape index (κ1) is 53.8. The van der Waals surface area contributed by atoms with E-state index in [1.54, 1.807) is 0 Å². The highest BCUT2D eigenvalue weighted by Crippen LogP contribution is 2.10. The fourth-order valence-corrected chi connectivity index (χ4v) is 5.33. The number of carbonyl (C=O) groups is 2. The van der Waals surface area contributed by atoms with Crippen LogP contribution in [0, 0.1) is 0 Å². The Kier molecular flexibility index (Phi) is 43.7. The number of ether oxygens (including phenoxy) is 2. The van der Waals surface area contributed by atoms with Gasteiger partial charge in [0.15, 0.2) is 6.10 Å². The summed E-state index contributed by atoms with van der Waals surface area (Å²) in [5.74, 6) is -0.698. The second-order valence-electron chi connectivity index (χ2n) is 14.0. The highest BCUT2D eigenvalue weighted by Gasteiger charge is 2.16. The number of unbranched alkanes of at least 4 members (excludes halogenated alkanes) is 6. The summed E-state index contributed by atoms with van der Waals surface area (Å²) in [4.78, 5) is 24.3. The highest BCUT2D eigenvalue weighted by atomic mass is 16.6. The average Bonchev–Trinajstić information content (AvgIpc) is 3.23. The van der Waals surface area contributed by atoms with Crippen molar-refractivity contribution in [3.63, 3.8) is 0 Å². The standard InChI is InChI=1S/C53H80O5/c1-3-5-7-9-11-13-15-17-19-21-22-23-24-25-26-27-28-29-30-32-34-36-38-40-42-44-46-48-53(56)58-51(49-54)50-57-52(55)47-45-43-41-39-37-35-33-31-20-18-16-14-12-10-8-6-4-2/h5-8,11-14,17-20,22-23,25-26,28-29,32-35,39,41,51,54H,3-4,9-10,15-16,21,24,27,30-31,36-38,40,42-50H2,1-2H3/b7-5-,8-6-,13-11-,14-12-,19-17-,20-18-,23-22-,26-25-,29-28-,34-32-,35-33-,41-39-. The van der Waals surface area contributed by atoms with Crippen LogP contribution in [0.25, 0.3) is 0 Å². The third-order valence-electron chi connectivity index (χ3n) is 8.63. The quantitative estimate of drug-likeness (QED) is 0.0383. The van der Waals surface area contributed by atoms with Gasteiger partial charge < -0.3 is 14.6 Å². The van der Waals surface area contributed by atoms with Crippen molar-refractivity contribution in [1.29, 1.82) is 0 Å². The summed E-state index contributed by atoms with van der Waals surface area (Å²) in [5.41, 5.74) is 0. The Morgan fingerprint density at radius 2 is 0.707 bits per heavy atom. The van der Waals surface area contributed by atoms with Crippen LogP contribution in [-0.4, -0.2) is 36.4 Å². The lowest BCUT2D eigenvalue weighted by Crippen LogP contribution is -2.28. The molecule has 0 aliphatic rings. The number of hydrogen-bond donors (Lipinski definition) is 1. The molecule has 0 spiro atoms. The summed E-state index contributed by atoms with van der Waals surface area (Å²) in [6.07, 6.45) is 72.1. The topological polar surface area (TPSA) is 72.8 Å². The number of carbonyl (C=O) groups excluding carboxylic acids is 2. The molecule has 1 N–H and O–H groups in total. The Morgan fingerprint density at radius 1 is 0.397 bits per heavy atom. The molecule has 0 aromatic heterocycles. The van der Waals surface area contributed by atoms with Crippen molar-refractivity contribution in [2.45, 2.75) is 161 Å². The Hall–Kier alpha value is -4.22. The fourth-order valence-electron chi connectivity index (χ4n) is 5.33. The molecule has 5 nitrogen and oxygen atoms in total. The van der Waals surface area contributed by atoms with E-state index in [1.165, 1.54) is 0 Å². The molecule has 0 aromatic rings. The van der Waals surface area contributed by atoms with Gasteiger partial charge in [0.1, 0.15) is 6.61 Å². The molecule has 0 heterocycles. The first-order valence-corrected chi connectivity index (χ1v) is 22.4.